The van der Waals surface area contributed by atoms with Gasteiger partial charge in [-0.2, -0.15) is 0 Å². The normalized spacial score (nSPS) is 24.2. The van der Waals surface area contributed by atoms with Crippen molar-refractivity contribution in [3.63, 3.8) is 0 Å². The van der Waals surface area contributed by atoms with E-state index >= 15 is 0 Å². The zero-order chi connectivity index (χ0) is 13.1. The van der Waals surface area contributed by atoms with E-state index in [2.05, 4.69) is 18.8 Å². The van der Waals surface area contributed by atoms with Gasteiger partial charge in [0, 0.05) is 13.1 Å². The van der Waals surface area contributed by atoms with Gasteiger partial charge in [-0.15, -0.1) is 11.8 Å². The quantitative estimate of drug-likeness (QED) is 0.866. The number of hydrogen-bond donors (Lipinski definition) is 1. The summed E-state index contributed by atoms with van der Waals surface area (Å²) in [6, 6.07) is 0. The van der Waals surface area contributed by atoms with Gasteiger partial charge in [0.15, 0.2) is 5.13 Å². The maximum absolute atomic E-state index is 12.1. The molecule has 1 amide bonds. The summed E-state index contributed by atoms with van der Waals surface area (Å²) in [6.07, 6.45) is 2.96. The van der Waals surface area contributed by atoms with Crippen molar-refractivity contribution in [1.82, 2.24) is 9.88 Å². The molecular formula is C12H19N3OS2. The highest BCUT2D eigenvalue weighted by atomic mass is 32.2. The number of carbonyl (C=O) groups is 1. The molecular weight excluding hydrogens is 266 g/mol. The molecule has 100 valence electrons. The lowest BCUT2D eigenvalue weighted by Crippen LogP contribution is -2.43. The number of piperidine rings is 1. The minimum atomic E-state index is 0.227. The number of carbonyl (C=O) groups excluding carboxylic acids is 1. The fraction of sp³-hybridized carbons (Fsp3) is 0.667. The molecule has 4 nitrogen and oxygen atoms in total. The summed E-state index contributed by atoms with van der Waals surface area (Å²) in [5.41, 5.74) is 5.56. The standard InChI is InChI=1S/C12H19N3OS2/c1-8-3-9(2)6-15(5-8)10(16)7-17-11-4-14-12(13)18-11/h4,8-9H,3,5-7H2,1-2H3,(H2,13,14). The molecule has 0 bridgehead atoms. The van der Waals surface area contributed by atoms with Crippen LogP contribution in [0.15, 0.2) is 10.4 Å². The fourth-order valence-corrected chi connectivity index (χ4v) is 4.09. The summed E-state index contributed by atoms with van der Waals surface area (Å²) < 4.78 is 1.01. The van der Waals surface area contributed by atoms with Crippen molar-refractivity contribution in [2.75, 3.05) is 24.6 Å². The smallest absolute Gasteiger partial charge is 0.232 e. The first-order valence-electron chi connectivity index (χ1n) is 6.16. The average molecular weight is 285 g/mol. The molecule has 1 aromatic heterocycles. The summed E-state index contributed by atoms with van der Waals surface area (Å²) in [6.45, 7) is 6.23. The second kappa shape index (κ2) is 5.93. The third kappa shape index (κ3) is 3.62. The molecule has 1 fully saturated rings. The van der Waals surface area contributed by atoms with Crippen LogP contribution in [0.3, 0.4) is 0 Å². The van der Waals surface area contributed by atoms with Crippen molar-refractivity contribution < 1.29 is 4.79 Å². The SMILES string of the molecule is CC1CC(C)CN(C(=O)CSc2cnc(N)s2)C1. The third-order valence-corrected chi connectivity index (χ3v) is 5.07. The Morgan fingerprint density at radius 1 is 1.56 bits per heavy atom. The molecule has 0 saturated carbocycles. The van der Waals surface area contributed by atoms with Crippen LogP contribution in [0, 0.1) is 11.8 Å². The Labute approximate surface area is 116 Å². The molecule has 1 aliphatic rings. The number of thioether (sulfide) groups is 1. The molecule has 2 N–H and O–H groups in total. The number of thiazole rings is 1. The number of likely N-dealkylation sites (tertiary alicyclic amines) is 1. The van der Waals surface area contributed by atoms with Crippen LogP contribution in [-0.2, 0) is 4.79 Å². The molecule has 0 spiro atoms. The van der Waals surface area contributed by atoms with E-state index in [0.29, 0.717) is 22.7 Å². The maximum atomic E-state index is 12.1. The lowest BCUT2D eigenvalue weighted by molar-refractivity contribution is -0.130. The Morgan fingerprint density at radius 3 is 2.78 bits per heavy atom. The number of rotatable bonds is 3. The highest BCUT2D eigenvalue weighted by Crippen LogP contribution is 2.27. The number of anilines is 1. The van der Waals surface area contributed by atoms with Gasteiger partial charge >= 0.3 is 0 Å². The predicted molar refractivity (Wildman–Crippen MR) is 76.8 cm³/mol. The van der Waals surface area contributed by atoms with Gasteiger partial charge in [0.2, 0.25) is 5.91 Å². The van der Waals surface area contributed by atoms with Crippen molar-refractivity contribution in [2.45, 2.75) is 24.5 Å². The van der Waals surface area contributed by atoms with E-state index in [0.717, 1.165) is 17.3 Å². The molecule has 1 saturated heterocycles. The average Bonchev–Trinajstić information content (AvgIpc) is 2.70. The van der Waals surface area contributed by atoms with Crippen molar-refractivity contribution in [3.05, 3.63) is 6.20 Å². The highest BCUT2D eigenvalue weighted by Gasteiger charge is 2.25. The van der Waals surface area contributed by atoms with Crippen molar-refractivity contribution in [3.8, 4) is 0 Å². The number of aromatic nitrogens is 1. The van der Waals surface area contributed by atoms with E-state index in [1.165, 1.54) is 29.5 Å². The van der Waals surface area contributed by atoms with E-state index in [-0.39, 0.29) is 5.91 Å². The minimum absolute atomic E-state index is 0.227. The first-order chi connectivity index (χ1) is 8.54. The van der Waals surface area contributed by atoms with Gasteiger partial charge in [-0.25, -0.2) is 4.98 Å². The number of nitrogens with two attached hydrogens (primary N) is 1. The molecule has 0 aliphatic carbocycles. The van der Waals surface area contributed by atoms with Gasteiger partial charge < -0.3 is 10.6 Å². The lowest BCUT2D eigenvalue weighted by atomic mass is 9.92. The summed E-state index contributed by atoms with van der Waals surface area (Å²) in [5.74, 6) is 1.94. The van der Waals surface area contributed by atoms with E-state index < -0.39 is 0 Å². The number of nitrogens with zero attached hydrogens (tertiary/aromatic N) is 2. The zero-order valence-corrected chi connectivity index (χ0v) is 12.4. The topological polar surface area (TPSA) is 59.2 Å². The Balaban J connectivity index is 1.84. The van der Waals surface area contributed by atoms with Crippen LogP contribution in [0.5, 0.6) is 0 Å². The van der Waals surface area contributed by atoms with Crippen molar-refractivity contribution >= 4 is 34.1 Å². The molecule has 6 heteroatoms. The number of amides is 1. The van der Waals surface area contributed by atoms with Crippen LogP contribution in [0.2, 0.25) is 0 Å². The number of nitrogen functional groups attached to an aromatic ring is 1. The fourth-order valence-electron chi connectivity index (χ4n) is 2.43. The molecule has 2 heterocycles. The van der Waals surface area contributed by atoms with E-state index in [9.17, 15) is 4.79 Å². The van der Waals surface area contributed by atoms with E-state index in [1.54, 1.807) is 6.20 Å². The predicted octanol–water partition coefficient (Wildman–Crippen LogP) is 2.32. The molecule has 2 rings (SSSR count). The molecule has 2 atom stereocenters. The molecule has 18 heavy (non-hydrogen) atoms. The molecule has 0 radical (unpaired) electrons. The van der Waals surface area contributed by atoms with E-state index in [4.69, 9.17) is 5.73 Å². The first kappa shape index (κ1) is 13.7. The number of hydrogen-bond acceptors (Lipinski definition) is 5. The van der Waals surface area contributed by atoms with Gasteiger partial charge in [0.1, 0.15) is 0 Å². The largest absolute Gasteiger partial charge is 0.375 e. The van der Waals surface area contributed by atoms with Crippen molar-refractivity contribution in [1.29, 1.82) is 0 Å². The Morgan fingerprint density at radius 2 is 2.22 bits per heavy atom. The van der Waals surface area contributed by atoms with Gasteiger partial charge in [0.05, 0.1) is 16.2 Å². The summed E-state index contributed by atoms with van der Waals surface area (Å²) in [5, 5.41) is 0.560. The van der Waals surface area contributed by atoms with Gasteiger partial charge in [-0.3, -0.25) is 4.79 Å². The monoisotopic (exact) mass is 285 g/mol. The zero-order valence-electron chi connectivity index (χ0n) is 10.8. The Hall–Kier alpha value is -0.750. The summed E-state index contributed by atoms with van der Waals surface area (Å²) in [7, 11) is 0. The summed E-state index contributed by atoms with van der Waals surface area (Å²) >= 11 is 2.97. The molecule has 2 unspecified atom stereocenters. The van der Waals surface area contributed by atoms with Crippen LogP contribution in [0.4, 0.5) is 5.13 Å². The molecule has 0 aromatic carbocycles. The van der Waals surface area contributed by atoms with Gasteiger partial charge in [0.25, 0.3) is 0 Å². The maximum Gasteiger partial charge on any atom is 0.232 e. The second-order valence-electron chi connectivity index (χ2n) is 5.05. The van der Waals surface area contributed by atoms with Crippen LogP contribution < -0.4 is 5.73 Å². The van der Waals surface area contributed by atoms with Crippen molar-refractivity contribution in [2.24, 2.45) is 11.8 Å². The molecule has 1 aliphatic heterocycles. The summed E-state index contributed by atoms with van der Waals surface area (Å²) in [4.78, 5) is 18.1. The Kier molecular flexibility index (Phi) is 4.50. The first-order valence-corrected chi connectivity index (χ1v) is 7.96. The van der Waals surface area contributed by atoms with Gasteiger partial charge in [-0.1, -0.05) is 25.2 Å². The van der Waals surface area contributed by atoms with Crippen LogP contribution in [0.1, 0.15) is 20.3 Å². The Bertz CT molecular complexity index is 411. The van der Waals surface area contributed by atoms with E-state index in [1.807, 2.05) is 4.90 Å². The van der Waals surface area contributed by atoms with Crippen LogP contribution >= 0.6 is 23.1 Å². The second-order valence-corrected chi connectivity index (χ2v) is 7.39. The minimum Gasteiger partial charge on any atom is -0.375 e. The van der Waals surface area contributed by atoms with Gasteiger partial charge in [-0.05, 0) is 18.3 Å². The lowest BCUT2D eigenvalue weighted by Gasteiger charge is -2.34. The molecule has 1 aromatic rings. The van der Waals surface area contributed by atoms with Crippen LogP contribution in [0.25, 0.3) is 0 Å². The third-order valence-electron chi connectivity index (χ3n) is 3.06. The van der Waals surface area contributed by atoms with Crippen LogP contribution in [-0.4, -0.2) is 34.6 Å². The highest BCUT2D eigenvalue weighted by molar-refractivity contribution is 8.01.